The van der Waals surface area contributed by atoms with Crippen molar-refractivity contribution in [2.24, 2.45) is 0 Å². The first-order valence-corrected chi connectivity index (χ1v) is 11.2. The fraction of sp³-hybridized carbons (Fsp3) is 0.214. The number of methoxy groups -OCH3 is 1. The molecule has 1 fully saturated rings. The third-order valence-corrected chi connectivity index (χ3v) is 6.65. The molecule has 3 aromatic rings. The van der Waals surface area contributed by atoms with Gasteiger partial charge in [-0.15, -0.1) is 0 Å². The minimum Gasteiger partial charge on any atom is -0.507 e. The predicted octanol–water partition coefficient (Wildman–Crippen LogP) is 4.87. The van der Waals surface area contributed by atoms with Crippen LogP contribution in [0.4, 0.5) is 5.69 Å². The lowest BCUT2D eigenvalue weighted by Crippen LogP contribution is -2.30. The number of aliphatic hydroxyl groups is 1. The number of nitrogens with zero attached hydrogens (tertiary/aromatic N) is 1. The molecule has 6 nitrogen and oxygen atoms in total. The molecule has 0 aliphatic carbocycles. The van der Waals surface area contributed by atoms with Crippen molar-refractivity contribution < 1.29 is 24.2 Å². The van der Waals surface area contributed by atoms with Gasteiger partial charge in [-0.2, -0.15) is 0 Å². The highest BCUT2D eigenvalue weighted by atomic mass is 16.5. The summed E-state index contributed by atoms with van der Waals surface area (Å²) in [6.45, 7) is 4.47. The summed E-state index contributed by atoms with van der Waals surface area (Å²) >= 11 is 0. The molecule has 1 saturated heterocycles. The van der Waals surface area contributed by atoms with Crippen LogP contribution in [0.5, 0.6) is 11.5 Å². The number of hydrogen-bond donors (Lipinski definition) is 1. The van der Waals surface area contributed by atoms with Crippen LogP contribution in [0, 0.1) is 13.8 Å². The zero-order chi connectivity index (χ0) is 24.0. The molecular weight excluding hydrogens is 430 g/mol. The Morgan fingerprint density at radius 2 is 1.85 bits per heavy atom. The quantitative estimate of drug-likeness (QED) is 0.345. The van der Waals surface area contributed by atoms with Crippen LogP contribution >= 0.6 is 0 Å². The largest absolute Gasteiger partial charge is 0.507 e. The van der Waals surface area contributed by atoms with Gasteiger partial charge in [0.25, 0.3) is 11.7 Å². The molecule has 2 aliphatic rings. The standard InChI is InChI=1S/C28H25NO5/c1-16-6-4-9-22(17(16)2)29-25(19-7-5-8-21(15-19)33-3)24(27(31)28(29)32)26(30)20-10-11-23-18(14-20)12-13-34-23/h4-11,14-15,25,30H,12-13H2,1-3H3/b26-24-. The van der Waals surface area contributed by atoms with Crippen LogP contribution in [0.2, 0.25) is 0 Å². The number of rotatable bonds is 4. The fourth-order valence-electron chi connectivity index (χ4n) is 4.69. The summed E-state index contributed by atoms with van der Waals surface area (Å²) in [4.78, 5) is 28.3. The van der Waals surface area contributed by atoms with Crippen LogP contribution in [0.15, 0.2) is 66.2 Å². The number of ketones is 1. The Morgan fingerprint density at radius 3 is 2.65 bits per heavy atom. The second-order valence-electron chi connectivity index (χ2n) is 8.59. The second kappa shape index (κ2) is 8.37. The van der Waals surface area contributed by atoms with E-state index in [1.807, 2.05) is 50.2 Å². The van der Waals surface area contributed by atoms with Gasteiger partial charge in [0.05, 0.1) is 25.3 Å². The number of amides is 1. The van der Waals surface area contributed by atoms with E-state index in [0.717, 1.165) is 28.9 Å². The summed E-state index contributed by atoms with van der Waals surface area (Å²) in [5.41, 5.74) is 4.70. The maximum Gasteiger partial charge on any atom is 0.300 e. The molecule has 0 bridgehead atoms. The molecule has 172 valence electrons. The molecule has 34 heavy (non-hydrogen) atoms. The summed E-state index contributed by atoms with van der Waals surface area (Å²) < 4.78 is 11.0. The summed E-state index contributed by atoms with van der Waals surface area (Å²) in [5, 5.41) is 11.4. The molecule has 1 amide bonds. The Labute approximate surface area is 198 Å². The first kappa shape index (κ1) is 21.8. The fourth-order valence-corrected chi connectivity index (χ4v) is 4.69. The number of hydrogen-bond acceptors (Lipinski definition) is 5. The van der Waals surface area contributed by atoms with E-state index in [1.165, 1.54) is 4.90 Å². The van der Waals surface area contributed by atoms with Crippen LogP contribution in [0.25, 0.3) is 5.76 Å². The molecule has 2 aliphatic heterocycles. The second-order valence-corrected chi connectivity index (χ2v) is 8.59. The molecule has 6 heteroatoms. The molecule has 5 rings (SSSR count). The van der Waals surface area contributed by atoms with E-state index in [1.54, 1.807) is 31.4 Å². The summed E-state index contributed by atoms with van der Waals surface area (Å²) in [6.07, 6.45) is 0.729. The van der Waals surface area contributed by atoms with Gasteiger partial charge < -0.3 is 14.6 Å². The summed E-state index contributed by atoms with van der Waals surface area (Å²) in [5.74, 6) is -0.223. The van der Waals surface area contributed by atoms with Gasteiger partial charge in [-0.1, -0.05) is 24.3 Å². The van der Waals surface area contributed by atoms with Crippen molar-refractivity contribution >= 4 is 23.1 Å². The zero-order valence-corrected chi connectivity index (χ0v) is 19.3. The van der Waals surface area contributed by atoms with E-state index >= 15 is 0 Å². The number of aliphatic hydroxyl groups excluding tert-OH is 1. The number of anilines is 1. The van der Waals surface area contributed by atoms with Gasteiger partial charge >= 0.3 is 0 Å². The van der Waals surface area contributed by atoms with Crippen molar-refractivity contribution in [1.82, 2.24) is 0 Å². The highest BCUT2D eigenvalue weighted by Crippen LogP contribution is 2.44. The Bertz CT molecular complexity index is 1360. The summed E-state index contributed by atoms with van der Waals surface area (Å²) in [6, 6.07) is 17.4. The lowest BCUT2D eigenvalue weighted by atomic mass is 9.94. The Balaban J connectivity index is 1.74. The van der Waals surface area contributed by atoms with Crippen LogP contribution in [0.1, 0.15) is 33.9 Å². The molecule has 1 unspecified atom stereocenters. The number of ether oxygens (including phenoxy) is 2. The van der Waals surface area contributed by atoms with Crippen molar-refractivity contribution in [2.75, 3.05) is 18.6 Å². The third-order valence-electron chi connectivity index (χ3n) is 6.65. The van der Waals surface area contributed by atoms with Crippen molar-refractivity contribution in [3.8, 4) is 11.5 Å². The Morgan fingerprint density at radius 1 is 1.06 bits per heavy atom. The Kier molecular flexibility index (Phi) is 5.36. The van der Waals surface area contributed by atoms with Gasteiger partial charge in [-0.3, -0.25) is 14.5 Å². The predicted molar refractivity (Wildman–Crippen MR) is 129 cm³/mol. The normalized spacial score (nSPS) is 18.7. The van der Waals surface area contributed by atoms with Crippen molar-refractivity contribution in [3.05, 3.63) is 94.1 Å². The number of benzene rings is 3. The Hall–Kier alpha value is -4.06. The minimum absolute atomic E-state index is 0.0537. The molecular formula is C28H25NO5. The molecule has 0 radical (unpaired) electrons. The third kappa shape index (κ3) is 3.43. The molecule has 0 spiro atoms. The van der Waals surface area contributed by atoms with Gasteiger partial charge in [0.1, 0.15) is 17.3 Å². The maximum absolute atomic E-state index is 13.4. The molecule has 2 heterocycles. The van der Waals surface area contributed by atoms with Gasteiger partial charge in [-0.25, -0.2) is 0 Å². The van der Waals surface area contributed by atoms with Crippen molar-refractivity contribution in [3.63, 3.8) is 0 Å². The van der Waals surface area contributed by atoms with E-state index in [4.69, 9.17) is 9.47 Å². The molecule has 3 aromatic carbocycles. The maximum atomic E-state index is 13.4. The van der Waals surface area contributed by atoms with Crippen molar-refractivity contribution in [2.45, 2.75) is 26.3 Å². The SMILES string of the molecule is COc1cccc(C2/C(=C(/O)c3ccc4c(c3)CCO4)C(=O)C(=O)N2c2cccc(C)c2C)c1. The van der Waals surface area contributed by atoms with Gasteiger partial charge in [0, 0.05) is 17.7 Å². The van der Waals surface area contributed by atoms with Gasteiger partial charge in [0.15, 0.2) is 0 Å². The summed E-state index contributed by atoms with van der Waals surface area (Å²) in [7, 11) is 1.56. The topological polar surface area (TPSA) is 76.1 Å². The average Bonchev–Trinajstić information content (AvgIpc) is 3.42. The zero-order valence-electron chi connectivity index (χ0n) is 19.3. The molecule has 0 aromatic heterocycles. The van der Waals surface area contributed by atoms with E-state index in [0.29, 0.717) is 29.2 Å². The average molecular weight is 456 g/mol. The van der Waals surface area contributed by atoms with Crippen molar-refractivity contribution in [1.29, 1.82) is 0 Å². The number of aryl methyl sites for hydroxylation is 1. The number of fused-ring (bicyclic) bond motifs is 1. The highest BCUT2D eigenvalue weighted by Gasteiger charge is 2.47. The monoisotopic (exact) mass is 455 g/mol. The van der Waals surface area contributed by atoms with Crippen LogP contribution < -0.4 is 14.4 Å². The van der Waals surface area contributed by atoms with E-state index in [2.05, 4.69) is 0 Å². The molecule has 1 N–H and O–H groups in total. The lowest BCUT2D eigenvalue weighted by Gasteiger charge is -2.27. The van der Waals surface area contributed by atoms with Gasteiger partial charge in [0.2, 0.25) is 0 Å². The first-order chi connectivity index (χ1) is 16.4. The van der Waals surface area contributed by atoms with Gasteiger partial charge in [-0.05, 0) is 72.5 Å². The van der Waals surface area contributed by atoms with Crippen LogP contribution in [-0.2, 0) is 16.0 Å². The molecule has 1 atom stereocenters. The number of carbonyl (C=O) groups excluding carboxylic acids is 2. The number of carbonyl (C=O) groups is 2. The van der Waals surface area contributed by atoms with E-state index in [-0.39, 0.29) is 11.3 Å². The van der Waals surface area contributed by atoms with Crippen LogP contribution in [-0.4, -0.2) is 30.5 Å². The minimum atomic E-state index is -0.805. The lowest BCUT2D eigenvalue weighted by molar-refractivity contribution is -0.132. The number of Topliss-reactive ketones (excluding diaryl/α,β-unsaturated/α-hetero) is 1. The van der Waals surface area contributed by atoms with E-state index in [9.17, 15) is 14.7 Å². The smallest absolute Gasteiger partial charge is 0.300 e. The van der Waals surface area contributed by atoms with Crippen LogP contribution in [0.3, 0.4) is 0 Å². The highest BCUT2D eigenvalue weighted by molar-refractivity contribution is 6.51. The first-order valence-electron chi connectivity index (χ1n) is 11.2. The molecule has 0 saturated carbocycles. The van der Waals surface area contributed by atoms with E-state index < -0.39 is 17.7 Å².